The number of amides is 2. The van der Waals surface area contributed by atoms with Crippen molar-refractivity contribution in [3.63, 3.8) is 0 Å². The van der Waals surface area contributed by atoms with Crippen molar-refractivity contribution in [2.24, 2.45) is 0 Å². The molecule has 1 aliphatic heterocycles. The molecule has 0 radical (unpaired) electrons. The molecule has 0 aliphatic carbocycles. The van der Waals surface area contributed by atoms with Crippen LogP contribution >= 0.6 is 0 Å². The van der Waals surface area contributed by atoms with Crippen molar-refractivity contribution in [1.29, 1.82) is 0 Å². The van der Waals surface area contributed by atoms with Gasteiger partial charge >= 0.3 is 0 Å². The topological polar surface area (TPSA) is 76.5 Å². The van der Waals surface area contributed by atoms with Crippen LogP contribution in [0.1, 0.15) is 18.9 Å². The fourth-order valence-electron chi connectivity index (χ4n) is 3.63. The Morgan fingerprint density at radius 3 is 2.86 bits per heavy atom. The SMILES string of the molecule is COCCCN1C(=O)[C@@H](CC(=O)Nc2cccc(F)c2)n2c1nc1ccccc12. The van der Waals surface area contributed by atoms with Crippen LogP contribution in [0.5, 0.6) is 0 Å². The fourth-order valence-corrected chi connectivity index (χ4v) is 3.63. The molecule has 0 saturated carbocycles. The van der Waals surface area contributed by atoms with Crippen molar-refractivity contribution in [2.45, 2.75) is 18.9 Å². The van der Waals surface area contributed by atoms with Crippen LogP contribution in [0.25, 0.3) is 11.0 Å². The van der Waals surface area contributed by atoms with Gasteiger partial charge in [0, 0.05) is 25.9 Å². The van der Waals surface area contributed by atoms with Gasteiger partial charge in [-0.05, 0) is 36.8 Å². The van der Waals surface area contributed by atoms with E-state index in [1.165, 1.54) is 18.2 Å². The normalized spacial score (nSPS) is 15.7. The molecule has 0 saturated heterocycles. The molecule has 1 N–H and O–H groups in total. The summed E-state index contributed by atoms with van der Waals surface area (Å²) in [7, 11) is 1.61. The summed E-state index contributed by atoms with van der Waals surface area (Å²) >= 11 is 0. The lowest BCUT2D eigenvalue weighted by molar-refractivity contribution is -0.124. The molecule has 0 spiro atoms. The average molecular weight is 396 g/mol. The van der Waals surface area contributed by atoms with Crippen LogP contribution in [-0.2, 0) is 14.3 Å². The van der Waals surface area contributed by atoms with Gasteiger partial charge in [-0.15, -0.1) is 0 Å². The summed E-state index contributed by atoms with van der Waals surface area (Å²) in [6, 6.07) is 12.5. The van der Waals surface area contributed by atoms with Crippen LogP contribution in [0, 0.1) is 5.82 Å². The second kappa shape index (κ2) is 8.00. The molecule has 2 aromatic carbocycles. The molecule has 2 amide bonds. The molecule has 3 aromatic rings. The summed E-state index contributed by atoms with van der Waals surface area (Å²) in [4.78, 5) is 31.9. The minimum Gasteiger partial charge on any atom is -0.385 e. The summed E-state index contributed by atoms with van der Waals surface area (Å²) in [5, 5.41) is 2.66. The molecule has 2 heterocycles. The molecule has 7 nitrogen and oxygen atoms in total. The Kier molecular flexibility index (Phi) is 5.26. The first-order valence-corrected chi connectivity index (χ1v) is 9.41. The lowest BCUT2D eigenvalue weighted by atomic mass is 10.1. The lowest BCUT2D eigenvalue weighted by Gasteiger charge is -2.15. The van der Waals surface area contributed by atoms with Crippen LogP contribution in [0.3, 0.4) is 0 Å². The average Bonchev–Trinajstić information content (AvgIpc) is 3.18. The van der Waals surface area contributed by atoms with Gasteiger partial charge < -0.3 is 10.1 Å². The maximum Gasteiger partial charge on any atom is 0.253 e. The van der Waals surface area contributed by atoms with Crippen molar-refractivity contribution in [3.8, 4) is 0 Å². The summed E-state index contributed by atoms with van der Waals surface area (Å²) in [6.45, 7) is 0.979. The Bertz CT molecular complexity index is 1070. The summed E-state index contributed by atoms with van der Waals surface area (Å²) in [6.07, 6.45) is 0.594. The first kappa shape index (κ1) is 19.1. The van der Waals surface area contributed by atoms with Gasteiger partial charge in [0.05, 0.1) is 17.5 Å². The number of fused-ring (bicyclic) bond motifs is 3. The van der Waals surface area contributed by atoms with E-state index in [0.717, 1.165) is 11.0 Å². The van der Waals surface area contributed by atoms with Gasteiger partial charge in [-0.3, -0.25) is 19.1 Å². The van der Waals surface area contributed by atoms with Gasteiger partial charge in [-0.2, -0.15) is 0 Å². The van der Waals surface area contributed by atoms with E-state index < -0.39 is 11.9 Å². The van der Waals surface area contributed by atoms with Gasteiger partial charge in [-0.25, -0.2) is 9.37 Å². The highest BCUT2D eigenvalue weighted by Crippen LogP contribution is 2.36. The van der Waals surface area contributed by atoms with E-state index in [1.54, 1.807) is 18.1 Å². The van der Waals surface area contributed by atoms with E-state index in [0.29, 0.717) is 31.2 Å². The van der Waals surface area contributed by atoms with Crippen LogP contribution in [-0.4, -0.2) is 41.6 Å². The number of halogens is 1. The Hall–Kier alpha value is -3.26. The number of hydrogen-bond acceptors (Lipinski definition) is 4. The maximum atomic E-state index is 13.4. The molecule has 1 aliphatic rings. The number of imidazole rings is 1. The lowest BCUT2D eigenvalue weighted by Crippen LogP contribution is -2.32. The second-order valence-electron chi connectivity index (χ2n) is 6.89. The van der Waals surface area contributed by atoms with Crippen molar-refractivity contribution in [2.75, 3.05) is 30.5 Å². The first-order chi connectivity index (χ1) is 14.1. The number of carbonyl (C=O) groups is 2. The molecule has 0 fully saturated rings. The van der Waals surface area contributed by atoms with Gasteiger partial charge in [0.1, 0.15) is 11.9 Å². The molecule has 0 bridgehead atoms. The van der Waals surface area contributed by atoms with E-state index in [4.69, 9.17) is 4.74 Å². The van der Waals surface area contributed by atoms with Gasteiger partial charge in [0.2, 0.25) is 11.9 Å². The zero-order valence-corrected chi connectivity index (χ0v) is 16.0. The first-order valence-electron chi connectivity index (χ1n) is 9.41. The number of nitrogens with one attached hydrogen (secondary N) is 1. The van der Waals surface area contributed by atoms with Crippen LogP contribution in [0.15, 0.2) is 48.5 Å². The highest BCUT2D eigenvalue weighted by Gasteiger charge is 2.40. The Balaban J connectivity index is 1.61. The number of hydrogen-bond donors (Lipinski definition) is 1. The number of rotatable bonds is 7. The number of anilines is 2. The summed E-state index contributed by atoms with van der Waals surface area (Å²) in [5.41, 5.74) is 1.92. The van der Waals surface area contributed by atoms with E-state index in [2.05, 4.69) is 10.3 Å². The molecule has 0 unspecified atom stereocenters. The molecule has 29 heavy (non-hydrogen) atoms. The van der Waals surface area contributed by atoms with E-state index in [1.807, 2.05) is 28.8 Å². The highest BCUT2D eigenvalue weighted by atomic mass is 19.1. The smallest absolute Gasteiger partial charge is 0.253 e. The largest absolute Gasteiger partial charge is 0.385 e. The number of benzene rings is 2. The number of aromatic nitrogens is 2. The van der Waals surface area contributed by atoms with E-state index in [-0.39, 0.29) is 18.2 Å². The highest BCUT2D eigenvalue weighted by molar-refractivity contribution is 6.05. The van der Waals surface area contributed by atoms with Crippen molar-refractivity contribution < 1.29 is 18.7 Å². The molecular formula is C21H21FN4O3. The third-order valence-corrected chi connectivity index (χ3v) is 4.90. The molecular weight excluding hydrogens is 375 g/mol. The Morgan fingerprint density at radius 2 is 2.07 bits per heavy atom. The zero-order chi connectivity index (χ0) is 20.4. The molecule has 4 rings (SSSR count). The van der Waals surface area contributed by atoms with Crippen molar-refractivity contribution >= 4 is 34.5 Å². The van der Waals surface area contributed by atoms with Crippen LogP contribution in [0.4, 0.5) is 16.0 Å². The van der Waals surface area contributed by atoms with Gasteiger partial charge in [0.25, 0.3) is 5.91 Å². The maximum absolute atomic E-state index is 13.4. The molecule has 8 heteroatoms. The number of ether oxygens (including phenoxy) is 1. The van der Waals surface area contributed by atoms with Crippen LogP contribution in [0.2, 0.25) is 0 Å². The standard InChI is InChI=1S/C21H21FN4O3/c1-29-11-5-10-25-20(28)18(13-19(27)23-15-7-4-6-14(22)12-15)26-17-9-3-2-8-16(17)24-21(25)26/h2-4,6-9,12,18H,5,10-11,13H2,1H3,(H,23,27)/t18-/m1/s1. The molecule has 150 valence electrons. The number of para-hydroxylation sites is 2. The van der Waals surface area contributed by atoms with Gasteiger partial charge in [-0.1, -0.05) is 18.2 Å². The third-order valence-electron chi connectivity index (χ3n) is 4.90. The van der Waals surface area contributed by atoms with Gasteiger partial charge in [0.15, 0.2) is 0 Å². The minimum absolute atomic E-state index is 0.0660. The molecule has 1 atom stereocenters. The number of nitrogens with zero attached hydrogens (tertiary/aromatic N) is 3. The fraction of sp³-hybridized carbons (Fsp3) is 0.286. The minimum atomic E-state index is -0.700. The Labute approximate surface area is 167 Å². The monoisotopic (exact) mass is 396 g/mol. The van der Waals surface area contributed by atoms with E-state index >= 15 is 0 Å². The number of carbonyl (C=O) groups excluding carboxylic acids is 2. The van der Waals surface area contributed by atoms with Crippen LogP contribution < -0.4 is 10.2 Å². The predicted octanol–water partition coefficient (Wildman–Crippen LogP) is 3.13. The van der Waals surface area contributed by atoms with Crippen molar-refractivity contribution in [3.05, 3.63) is 54.3 Å². The predicted molar refractivity (Wildman–Crippen MR) is 107 cm³/mol. The van der Waals surface area contributed by atoms with E-state index in [9.17, 15) is 14.0 Å². The number of methoxy groups -OCH3 is 1. The Morgan fingerprint density at radius 1 is 1.24 bits per heavy atom. The summed E-state index contributed by atoms with van der Waals surface area (Å²) < 4.78 is 20.3. The van der Waals surface area contributed by atoms with Crippen molar-refractivity contribution in [1.82, 2.24) is 9.55 Å². The summed E-state index contributed by atoms with van der Waals surface area (Å²) in [5.74, 6) is -0.442. The second-order valence-corrected chi connectivity index (χ2v) is 6.89. The zero-order valence-electron chi connectivity index (χ0n) is 16.0. The third kappa shape index (κ3) is 3.71. The molecule has 1 aromatic heterocycles. The quantitative estimate of drug-likeness (QED) is 0.623.